The van der Waals surface area contributed by atoms with Crippen molar-refractivity contribution in [1.82, 2.24) is 0 Å². The van der Waals surface area contributed by atoms with E-state index in [4.69, 9.17) is 4.74 Å². The van der Waals surface area contributed by atoms with E-state index >= 15 is 0 Å². The van der Waals surface area contributed by atoms with Gasteiger partial charge in [-0.1, -0.05) is 154 Å². The number of halogens is 2. The van der Waals surface area contributed by atoms with Gasteiger partial charge in [0.1, 0.15) is 0 Å². The molecule has 0 fully saturated rings. The summed E-state index contributed by atoms with van der Waals surface area (Å²) in [7, 11) is 0.230. The molecule has 0 saturated heterocycles. The lowest BCUT2D eigenvalue weighted by molar-refractivity contribution is -0.137. The molecule has 2 nitrogen and oxygen atoms in total. The highest BCUT2D eigenvalue weighted by Crippen LogP contribution is 2.15. The molecule has 0 radical (unpaired) electrons. The molecule has 0 aromatic carbocycles. The average molecular weight is 620 g/mol. The summed E-state index contributed by atoms with van der Waals surface area (Å²) in [6, 6.07) is 1.56. The maximum absolute atomic E-state index is 10.9. The second kappa shape index (κ2) is 23.2. The van der Waals surface area contributed by atoms with E-state index in [1.165, 1.54) is 102 Å². The van der Waals surface area contributed by atoms with Gasteiger partial charge >= 0.3 is 5.97 Å². The summed E-state index contributed by atoms with van der Waals surface area (Å²) >= 11 is 5.17. The van der Waals surface area contributed by atoms with E-state index in [1.54, 1.807) is 6.04 Å². The number of hydrogen-bond acceptors (Lipinski definition) is 2. The smallest absolute Gasteiger partial charge is 0.330 e. The SMILES string of the molecule is C=CC(=O)OCCCCCCCCCCCCCCCCCC[SiH2]C(I)I. The number of carbonyl (C=O) groups is 1. The van der Waals surface area contributed by atoms with Gasteiger partial charge in [0.05, 0.1) is 6.61 Å². The molecule has 0 aromatic rings. The van der Waals surface area contributed by atoms with Crippen LogP contribution < -0.4 is 0 Å². The van der Waals surface area contributed by atoms with Crippen molar-refractivity contribution in [3.05, 3.63) is 12.7 Å². The molecule has 0 bridgehead atoms. The largest absolute Gasteiger partial charge is 0.463 e. The van der Waals surface area contributed by atoms with Crippen LogP contribution in [-0.2, 0) is 9.53 Å². The highest BCUT2D eigenvalue weighted by Gasteiger charge is 1.99. The lowest BCUT2D eigenvalue weighted by atomic mass is 10.0. The first kappa shape index (κ1) is 27.9. The summed E-state index contributed by atoms with van der Waals surface area (Å²) in [4.78, 5) is 10.9. The molecular formula is C22H42I2O2Si. The lowest BCUT2D eigenvalue weighted by Gasteiger charge is -2.04. The van der Waals surface area contributed by atoms with Crippen LogP contribution in [-0.4, -0.2) is 23.7 Å². The Kier molecular flexibility index (Phi) is 23.9. The van der Waals surface area contributed by atoms with Crippen LogP contribution in [0.5, 0.6) is 0 Å². The van der Waals surface area contributed by atoms with Gasteiger partial charge in [-0.2, -0.15) is 0 Å². The van der Waals surface area contributed by atoms with E-state index < -0.39 is 0 Å². The normalized spacial score (nSPS) is 11.5. The van der Waals surface area contributed by atoms with Crippen molar-refractivity contribution < 1.29 is 9.53 Å². The Morgan fingerprint density at radius 1 is 0.741 bits per heavy atom. The topological polar surface area (TPSA) is 26.3 Å². The standard InChI is InChI=1S/C22H42I2O2Si/c1-2-21(25)26-19-17-15-13-11-9-7-5-3-4-6-8-10-12-14-16-18-20-27-22(23)24/h2,22H,1,3-20,27H2. The lowest BCUT2D eigenvalue weighted by Crippen LogP contribution is -2.01. The van der Waals surface area contributed by atoms with Crippen molar-refractivity contribution in [3.8, 4) is 0 Å². The fourth-order valence-corrected chi connectivity index (χ4v) is 6.88. The van der Waals surface area contributed by atoms with E-state index in [2.05, 4.69) is 51.8 Å². The summed E-state index contributed by atoms with van der Waals surface area (Å²) in [5.41, 5.74) is 0. The summed E-state index contributed by atoms with van der Waals surface area (Å²) in [6.07, 6.45) is 23.3. The van der Waals surface area contributed by atoms with Crippen LogP contribution in [0.1, 0.15) is 103 Å². The number of ether oxygens (including phenoxy) is 1. The first-order valence-corrected chi connectivity index (χ1v) is 15.5. The fourth-order valence-electron chi connectivity index (χ4n) is 3.28. The molecule has 160 valence electrons. The Morgan fingerprint density at radius 2 is 1.11 bits per heavy atom. The van der Waals surface area contributed by atoms with Crippen LogP contribution in [0.2, 0.25) is 6.04 Å². The third-order valence-corrected chi connectivity index (χ3v) is 10.1. The molecule has 0 spiro atoms. The van der Waals surface area contributed by atoms with Gasteiger partial charge in [0, 0.05) is 17.2 Å². The summed E-state index contributed by atoms with van der Waals surface area (Å²) < 4.78 is 5.93. The zero-order valence-corrected chi connectivity index (χ0v) is 23.1. The van der Waals surface area contributed by atoms with Crippen molar-refractivity contribution in [2.24, 2.45) is 0 Å². The van der Waals surface area contributed by atoms with Crippen LogP contribution in [0, 0.1) is 0 Å². The fraction of sp³-hybridized carbons (Fsp3) is 0.864. The molecule has 0 aromatic heterocycles. The third-order valence-electron chi connectivity index (χ3n) is 4.98. The third kappa shape index (κ3) is 24.8. The highest BCUT2D eigenvalue weighted by molar-refractivity contribution is 14.2. The predicted octanol–water partition coefficient (Wildman–Crippen LogP) is 7.70. The highest BCUT2D eigenvalue weighted by atomic mass is 127. The molecule has 5 heteroatoms. The van der Waals surface area contributed by atoms with Gasteiger partial charge in [0.15, 0.2) is 0 Å². The van der Waals surface area contributed by atoms with Crippen LogP contribution in [0.3, 0.4) is 0 Å². The van der Waals surface area contributed by atoms with Crippen LogP contribution in [0.4, 0.5) is 0 Å². The predicted molar refractivity (Wildman–Crippen MR) is 140 cm³/mol. The number of carbonyl (C=O) groups excluding carboxylic acids is 1. The number of esters is 1. The van der Waals surface area contributed by atoms with Gasteiger partial charge in [-0.25, -0.2) is 4.79 Å². The average Bonchev–Trinajstić information content (AvgIpc) is 2.65. The minimum Gasteiger partial charge on any atom is -0.463 e. The zero-order valence-electron chi connectivity index (χ0n) is 17.4. The van der Waals surface area contributed by atoms with Gasteiger partial charge in [0.2, 0.25) is 0 Å². The molecule has 0 aliphatic rings. The number of alkyl halides is 2. The number of unbranched alkanes of at least 4 members (excludes halogenated alkanes) is 15. The molecule has 0 atom stereocenters. The summed E-state index contributed by atoms with van der Waals surface area (Å²) in [5, 5.41) is 0. The van der Waals surface area contributed by atoms with Crippen molar-refractivity contribution in [1.29, 1.82) is 0 Å². The Labute approximate surface area is 198 Å². The summed E-state index contributed by atoms with van der Waals surface area (Å²) in [5.74, 6) is -0.298. The van der Waals surface area contributed by atoms with E-state index in [-0.39, 0.29) is 15.5 Å². The second-order valence-electron chi connectivity index (χ2n) is 7.56. The Bertz CT molecular complexity index is 338. The van der Waals surface area contributed by atoms with Crippen molar-refractivity contribution in [3.63, 3.8) is 0 Å². The monoisotopic (exact) mass is 620 g/mol. The Balaban J connectivity index is 3.03. The Hall–Kier alpha value is 0.887. The Morgan fingerprint density at radius 3 is 1.48 bits per heavy atom. The van der Waals surface area contributed by atoms with Gasteiger partial charge < -0.3 is 4.74 Å². The van der Waals surface area contributed by atoms with E-state index in [0.29, 0.717) is 6.61 Å². The molecule has 27 heavy (non-hydrogen) atoms. The van der Waals surface area contributed by atoms with Crippen LogP contribution in [0.15, 0.2) is 12.7 Å². The minimum atomic E-state index is -0.298. The molecule has 0 amide bonds. The minimum absolute atomic E-state index is 0.230. The molecular weight excluding hydrogens is 578 g/mol. The summed E-state index contributed by atoms with van der Waals surface area (Å²) in [6.45, 7) is 3.94. The number of hydrogen-bond donors (Lipinski definition) is 0. The number of rotatable bonds is 21. The maximum atomic E-state index is 10.9. The molecule has 0 rings (SSSR count). The van der Waals surface area contributed by atoms with Crippen molar-refractivity contribution >= 4 is 60.7 Å². The van der Waals surface area contributed by atoms with E-state index in [0.717, 1.165) is 7.98 Å². The molecule has 0 saturated carbocycles. The maximum Gasteiger partial charge on any atom is 0.330 e. The van der Waals surface area contributed by atoms with E-state index in [1.807, 2.05) is 0 Å². The molecule has 0 unspecified atom stereocenters. The molecule has 0 heterocycles. The zero-order chi connectivity index (χ0) is 20.0. The first-order valence-electron chi connectivity index (χ1n) is 11.2. The van der Waals surface area contributed by atoms with Crippen LogP contribution >= 0.6 is 45.2 Å². The van der Waals surface area contributed by atoms with Gasteiger partial charge in [-0.15, -0.1) is 0 Å². The quantitative estimate of drug-likeness (QED) is 0.0329. The van der Waals surface area contributed by atoms with E-state index in [9.17, 15) is 4.79 Å². The van der Waals surface area contributed by atoms with Gasteiger partial charge in [-0.3, -0.25) is 0 Å². The molecule has 0 aliphatic carbocycles. The van der Waals surface area contributed by atoms with Crippen LogP contribution in [0.25, 0.3) is 0 Å². The second-order valence-corrected chi connectivity index (χ2v) is 18.4. The van der Waals surface area contributed by atoms with Crippen molar-refractivity contribution in [2.75, 3.05) is 6.61 Å². The molecule has 0 N–H and O–H groups in total. The molecule has 0 aliphatic heterocycles. The van der Waals surface area contributed by atoms with Gasteiger partial charge in [0.25, 0.3) is 0 Å². The van der Waals surface area contributed by atoms with Crippen molar-refractivity contribution in [2.45, 2.75) is 110 Å². The van der Waals surface area contributed by atoms with Gasteiger partial charge in [-0.05, 0) is 6.42 Å². The first-order chi connectivity index (χ1) is 13.2.